The number of nitrogens with zero attached hydrogens (tertiary/aromatic N) is 2. The van der Waals surface area contributed by atoms with Gasteiger partial charge in [-0.2, -0.15) is 5.10 Å². The summed E-state index contributed by atoms with van der Waals surface area (Å²) in [6.07, 6.45) is 1.37. The molecule has 32 heavy (non-hydrogen) atoms. The number of nitrogens with one attached hydrogen (secondary N) is 1. The van der Waals surface area contributed by atoms with Crippen molar-refractivity contribution in [3.8, 4) is 11.5 Å². The van der Waals surface area contributed by atoms with E-state index in [1.54, 1.807) is 24.3 Å². The number of rotatable bonds is 8. The number of nitro groups is 1. The molecule has 0 atom stereocenters. The largest absolute Gasteiger partial charge is 0.493 e. The number of hydrazone groups is 1. The smallest absolute Gasteiger partial charge is 0.271 e. The van der Waals surface area contributed by atoms with Crippen LogP contribution < -0.4 is 14.9 Å². The normalized spacial score (nSPS) is 10.7. The lowest BCUT2D eigenvalue weighted by Crippen LogP contribution is -2.17. The molecule has 10 heteroatoms. The highest BCUT2D eigenvalue weighted by Gasteiger charge is 2.13. The minimum absolute atomic E-state index is 0.109. The molecular weight excluding hydrogens is 457 g/mol. The van der Waals surface area contributed by atoms with Gasteiger partial charge in [-0.1, -0.05) is 41.4 Å². The van der Waals surface area contributed by atoms with Crippen molar-refractivity contribution in [2.45, 2.75) is 6.61 Å². The summed E-state index contributed by atoms with van der Waals surface area (Å²) in [6.45, 7) is 0.264. The average Bonchev–Trinajstić information content (AvgIpc) is 2.79. The van der Waals surface area contributed by atoms with Crippen LogP contribution in [0.3, 0.4) is 0 Å². The van der Waals surface area contributed by atoms with Crippen LogP contribution in [0.1, 0.15) is 21.5 Å². The Labute approximate surface area is 193 Å². The molecule has 1 amide bonds. The van der Waals surface area contributed by atoms with Crippen molar-refractivity contribution in [2.24, 2.45) is 5.10 Å². The molecule has 164 valence electrons. The van der Waals surface area contributed by atoms with Crippen LogP contribution in [0.4, 0.5) is 5.69 Å². The Hall–Kier alpha value is -3.62. The maximum atomic E-state index is 12.2. The van der Waals surface area contributed by atoms with E-state index in [1.165, 1.54) is 31.5 Å². The molecule has 3 aromatic rings. The van der Waals surface area contributed by atoms with Gasteiger partial charge < -0.3 is 9.47 Å². The molecule has 0 fully saturated rings. The van der Waals surface area contributed by atoms with E-state index < -0.39 is 10.8 Å². The summed E-state index contributed by atoms with van der Waals surface area (Å²) in [4.78, 5) is 22.4. The molecule has 0 aliphatic rings. The molecule has 1 N–H and O–H groups in total. The van der Waals surface area contributed by atoms with E-state index in [4.69, 9.17) is 32.7 Å². The summed E-state index contributed by atoms with van der Waals surface area (Å²) in [6, 6.07) is 15.8. The predicted molar refractivity (Wildman–Crippen MR) is 122 cm³/mol. The molecule has 3 aromatic carbocycles. The Kier molecular flexibility index (Phi) is 7.64. The number of nitro benzene ring substituents is 1. The van der Waals surface area contributed by atoms with Gasteiger partial charge in [0.15, 0.2) is 11.5 Å². The van der Waals surface area contributed by atoms with E-state index >= 15 is 0 Å². The van der Waals surface area contributed by atoms with E-state index in [0.29, 0.717) is 27.1 Å². The number of amides is 1. The van der Waals surface area contributed by atoms with Gasteiger partial charge in [0.1, 0.15) is 6.61 Å². The number of non-ortho nitro benzene ring substituents is 1. The minimum Gasteiger partial charge on any atom is -0.493 e. The number of hydrogen-bond acceptors (Lipinski definition) is 6. The standard InChI is InChI=1S/C22H17Cl2N3O5/c1-31-20-10-15(9-19(24)21(20)32-13-14-5-7-17(23)8-6-14)12-25-26-22(28)16-3-2-4-18(11-16)27(29)30/h2-12H,13H2,1H3,(H,26,28)/b25-12-. The topological polar surface area (TPSA) is 103 Å². The zero-order chi connectivity index (χ0) is 23.1. The molecule has 3 rings (SSSR count). The van der Waals surface area contributed by atoms with Gasteiger partial charge in [-0.25, -0.2) is 5.43 Å². The van der Waals surface area contributed by atoms with Crippen molar-refractivity contribution in [3.63, 3.8) is 0 Å². The molecule has 0 bridgehead atoms. The molecule has 0 aliphatic carbocycles. The Balaban J connectivity index is 1.69. The summed E-state index contributed by atoms with van der Waals surface area (Å²) < 4.78 is 11.2. The minimum atomic E-state index is -0.592. The Bertz CT molecular complexity index is 1170. The average molecular weight is 474 g/mol. The molecule has 0 spiro atoms. The molecule has 8 nitrogen and oxygen atoms in total. The third kappa shape index (κ3) is 5.96. The predicted octanol–water partition coefficient (Wildman–Crippen LogP) is 5.25. The van der Waals surface area contributed by atoms with Crippen molar-refractivity contribution in [3.05, 3.63) is 97.5 Å². The first-order valence-corrected chi connectivity index (χ1v) is 9.95. The van der Waals surface area contributed by atoms with Gasteiger partial charge in [0, 0.05) is 22.7 Å². The monoisotopic (exact) mass is 473 g/mol. The van der Waals surface area contributed by atoms with E-state index in [1.807, 2.05) is 12.1 Å². The van der Waals surface area contributed by atoms with Crippen LogP contribution in [-0.4, -0.2) is 24.2 Å². The summed E-state index contributed by atoms with van der Waals surface area (Å²) in [5.41, 5.74) is 3.69. The summed E-state index contributed by atoms with van der Waals surface area (Å²) >= 11 is 12.2. The summed E-state index contributed by atoms with van der Waals surface area (Å²) in [7, 11) is 1.48. The number of benzene rings is 3. The summed E-state index contributed by atoms with van der Waals surface area (Å²) in [5.74, 6) is 0.158. The van der Waals surface area contributed by atoms with Crippen LogP contribution in [0.15, 0.2) is 65.8 Å². The Morgan fingerprint density at radius 2 is 1.91 bits per heavy atom. The lowest BCUT2D eigenvalue weighted by Gasteiger charge is -2.13. The molecule has 0 radical (unpaired) electrons. The van der Waals surface area contributed by atoms with Crippen LogP contribution in [0.5, 0.6) is 11.5 Å². The van der Waals surface area contributed by atoms with E-state index in [-0.39, 0.29) is 17.9 Å². The second kappa shape index (κ2) is 10.6. The highest BCUT2D eigenvalue weighted by molar-refractivity contribution is 6.32. The van der Waals surface area contributed by atoms with Crippen molar-refractivity contribution in [1.82, 2.24) is 5.43 Å². The quantitative estimate of drug-likeness (QED) is 0.273. The number of hydrogen-bond donors (Lipinski definition) is 1. The van der Waals surface area contributed by atoms with Crippen LogP contribution >= 0.6 is 23.2 Å². The molecular formula is C22H17Cl2N3O5. The van der Waals surface area contributed by atoms with Crippen LogP contribution in [-0.2, 0) is 6.61 Å². The van der Waals surface area contributed by atoms with Crippen LogP contribution in [0.2, 0.25) is 10.0 Å². The van der Waals surface area contributed by atoms with E-state index in [0.717, 1.165) is 11.6 Å². The van der Waals surface area contributed by atoms with Crippen molar-refractivity contribution >= 4 is 41.0 Å². The van der Waals surface area contributed by atoms with E-state index in [9.17, 15) is 14.9 Å². The number of ether oxygens (including phenoxy) is 2. The third-order valence-corrected chi connectivity index (χ3v) is 4.78. The molecule has 0 heterocycles. The highest BCUT2D eigenvalue weighted by atomic mass is 35.5. The van der Waals surface area contributed by atoms with Crippen molar-refractivity contribution in [1.29, 1.82) is 0 Å². The van der Waals surface area contributed by atoms with Gasteiger partial charge in [0.05, 0.1) is 23.3 Å². The van der Waals surface area contributed by atoms with Gasteiger partial charge in [0.2, 0.25) is 0 Å². The first-order chi connectivity index (χ1) is 15.4. The Morgan fingerprint density at radius 1 is 1.16 bits per heavy atom. The number of carbonyl (C=O) groups is 1. The fourth-order valence-corrected chi connectivity index (χ4v) is 3.08. The van der Waals surface area contributed by atoms with Gasteiger partial charge in [-0.3, -0.25) is 14.9 Å². The van der Waals surface area contributed by atoms with Crippen LogP contribution in [0.25, 0.3) is 0 Å². The molecule has 0 saturated carbocycles. The maximum absolute atomic E-state index is 12.2. The fourth-order valence-electron chi connectivity index (χ4n) is 2.68. The zero-order valence-corrected chi connectivity index (χ0v) is 18.3. The second-order valence-corrected chi connectivity index (χ2v) is 7.30. The van der Waals surface area contributed by atoms with E-state index in [2.05, 4.69) is 10.5 Å². The lowest BCUT2D eigenvalue weighted by molar-refractivity contribution is -0.384. The van der Waals surface area contributed by atoms with Crippen molar-refractivity contribution in [2.75, 3.05) is 7.11 Å². The SMILES string of the molecule is COc1cc(/C=N\NC(=O)c2cccc([N+](=O)[O-])c2)cc(Cl)c1OCc1ccc(Cl)cc1. The first kappa shape index (κ1) is 23.1. The molecule has 0 aromatic heterocycles. The number of methoxy groups -OCH3 is 1. The number of carbonyl (C=O) groups excluding carboxylic acids is 1. The Morgan fingerprint density at radius 3 is 2.59 bits per heavy atom. The second-order valence-electron chi connectivity index (χ2n) is 6.46. The van der Waals surface area contributed by atoms with Gasteiger partial charge in [-0.15, -0.1) is 0 Å². The highest BCUT2D eigenvalue weighted by Crippen LogP contribution is 2.36. The maximum Gasteiger partial charge on any atom is 0.271 e. The molecule has 0 unspecified atom stereocenters. The first-order valence-electron chi connectivity index (χ1n) is 9.20. The van der Waals surface area contributed by atoms with Gasteiger partial charge in [0.25, 0.3) is 11.6 Å². The zero-order valence-electron chi connectivity index (χ0n) is 16.7. The summed E-state index contributed by atoms with van der Waals surface area (Å²) in [5, 5.41) is 15.6. The van der Waals surface area contributed by atoms with Gasteiger partial charge in [-0.05, 0) is 41.5 Å². The molecule has 0 saturated heterocycles. The molecule has 0 aliphatic heterocycles. The van der Waals surface area contributed by atoms with Crippen molar-refractivity contribution < 1.29 is 19.2 Å². The van der Waals surface area contributed by atoms with Gasteiger partial charge >= 0.3 is 0 Å². The third-order valence-electron chi connectivity index (χ3n) is 4.25. The van der Waals surface area contributed by atoms with Crippen LogP contribution in [0, 0.1) is 10.1 Å². The fraction of sp³-hybridized carbons (Fsp3) is 0.0909. The lowest BCUT2D eigenvalue weighted by atomic mass is 10.2. The number of halogens is 2.